The van der Waals surface area contributed by atoms with Gasteiger partial charge in [-0.05, 0) is 19.3 Å². The molecule has 0 aromatic heterocycles. The average molecular weight is 343 g/mol. The number of hydrogen-bond donors (Lipinski definition) is 1. The maximum atomic E-state index is 12.2. The second kappa shape index (κ2) is 6.10. The fourth-order valence-corrected chi connectivity index (χ4v) is 3.54. The number of rotatable bonds is 5. The highest BCUT2D eigenvalue weighted by molar-refractivity contribution is 7.90. The smallest absolute Gasteiger partial charge is 0.269 e. The van der Waals surface area contributed by atoms with Crippen LogP contribution in [-0.2, 0) is 24.3 Å². The number of nitrogens with zero attached hydrogens (tertiary/aromatic N) is 2. The van der Waals surface area contributed by atoms with Gasteiger partial charge in [0.1, 0.15) is 9.84 Å². The molecule has 1 N–H and O–H groups in total. The highest BCUT2D eigenvalue weighted by atomic mass is 32.2. The highest BCUT2D eigenvalue weighted by Crippen LogP contribution is 2.28. The van der Waals surface area contributed by atoms with Crippen molar-refractivity contribution in [3.8, 4) is 0 Å². The Morgan fingerprint density at radius 2 is 2.09 bits per heavy atom. The molecule has 3 rings (SSSR count). The van der Waals surface area contributed by atoms with Gasteiger partial charge in [0, 0.05) is 25.3 Å². The molecule has 128 valence electrons. The topological polar surface area (TPSA) is 105 Å². The monoisotopic (exact) mass is 343 g/mol. The van der Waals surface area contributed by atoms with Crippen molar-refractivity contribution >= 4 is 27.4 Å². The number of likely N-dealkylation sites (tertiary alicyclic amines) is 1. The Hall–Kier alpha value is -1.64. The van der Waals surface area contributed by atoms with E-state index in [0.29, 0.717) is 18.8 Å². The van der Waals surface area contributed by atoms with Crippen LogP contribution in [0.4, 0.5) is 0 Å². The van der Waals surface area contributed by atoms with E-state index in [1.165, 1.54) is 0 Å². The van der Waals surface area contributed by atoms with Crippen LogP contribution in [-0.4, -0.2) is 68.1 Å². The van der Waals surface area contributed by atoms with Gasteiger partial charge in [0.15, 0.2) is 11.8 Å². The third-order valence-corrected chi connectivity index (χ3v) is 5.56. The van der Waals surface area contributed by atoms with Crippen LogP contribution >= 0.6 is 0 Å². The number of carbonyl (C=O) groups excluding carboxylic acids is 2. The van der Waals surface area contributed by atoms with Crippen molar-refractivity contribution in [3.05, 3.63) is 0 Å². The first kappa shape index (κ1) is 16.2. The lowest BCUT2D eigenvalue weighted by Crippen LogP contribution is -2.45. The van der Waals surface area contributed by atoms with Crippen molar-refractivity contribution in [2.75, 3.05) is 25.1 Å². The molecule has 2 amide bonds. The normalized spacial score (nSPS) is 27.0. The summed E-state index contributed by atoms with van der Waals surface area (Å²) >= 11 is 0. The van der Waals surface area contributed by atoms with Crippen LogP contribution in [0, 0.1) is 5.92 Å². The molecule has 23 heavy (non-hydrogen) atoms. The van der Waals surface area contributed by atoms with Crippen molar-refractivity contribution < 1.29 is 22.8 Å². The summed E-state index contributed by atoms with van der Waals surface area (Å²) in [4.78, 5) is 31.2. The van der Waals surface area contributed by atoms with Gasteiger partial charge in [-0.2, -0.15) is 0 Å². The molecule has 1 aliphatic carbocycles. The quantitative estimate of drug-likeness (QED) is 0.711. The number of fused-ring (bicyclic) bond motifs is 1. The molecule has 2 aliphatic heterocycles. The molecule has 0 radical (unpaired) electrons. The molecular weight excluding hydrogens is 322 g/mol. The summed E-state index contributed by atoms with van der Waals surface area (Å²) < 4.78 is 22.3. The van der Waals surface area contributed by atoms with Crippen LogP contribution in [0.2, 0.25) is 0 Å². The Morgan fingerprint density at radius 1 is 1.35 bits per heavy atom. The first-order chi connectivity index (χ1) is 10.8. The molecule has 1 saturated heterocycles. The molecule has 8 nitrogen and oxygen atoms in total. The van der Waals surface area contributed by atoms with Crippen molar-refractivity contribution in [2.24, 2.45) is 11.1 Å². The van der Waals surface area contributed by atoms with Gasteiger partial charge >= 0.3 is 0 Å². The predicted molar refractivity (Wildman–Crippen MR) is 82.5 cm³/mol. The standard InChI is InChI=1S/C14H21N3O5S/c1-23(20,21)6-5-12(18)17-7-10-11(8-17)22-16-13(10)14(19)15-9-3-2-4-9/h9-11H,2-8H2,1H3,(H,15,19)/t10-,11+/m0/s1. The lowest BCUT2D eigenvalue weighted by Gasteiger charge is -2.26. The third kappa shape index (κ3) is 3.65. The van der Waals surface area contributed by atoms with Gasteiger partial charge in [-0.15, -0.1) is 0 Å². The molecule has 0 aromatic carbocycles. The van der Waals surface area contributed by atoms with Crippen molar-refractivity contribution in [1.29, 1.82) is 0 Å². The molecule has 2 fully saturated rings. The van der Waals surface area contributed by atoms with Gasteiger partial charge in [0.05, 0.1) is 18.2 Å². The van der Waals surface area contributed by atoms with E-state index >= 15 is 0 Å². The van der Waals surface area contributed by atoms with E-state index in [1.807, 2.05) is 0 Å². The van der Waals surface area contributed by atoms with Gasteiger partial charge in [-0.1, -0.05) is 5.16 Å². The zero-order valence-corrected chi connectivity index (χ0v) is 13.8. The Kier molecular flexibility index (Phi) is 4.31. The molecule has 0 aromatic rings. The van der Waals surface area contributed by atoms with Gasteiger partial charge in [0.2, 0.25) is 5.91 Å². The van der Waals surface area contributed by atoms with Crippen LogP contribution in [0.1, 0.15) is 25.7 Å². The van der Waals surface area contributed by atoms with Crippen LogP contribution in [0.15, 0.2) is 5.16 Å². The molecule has 0 spiro atoms. The van der Waals surface area contributed by atoms with E-state index in [-0.39, 0.29) is 42.1 Å². The largest absolute Gasteiger partial charge is 0.389 e. The van der Waals surface area contributed by atoms with Crippen LogP contribution < -0.4 is 5.32 Å². The summed E-state index contributed by atoms with van der Waals surface area (Å²) in [5.41, 5.74) is 0.348. The fourth-order valence-electron chi connectivity index (χ4n) is 2.99. The number of nitrogens with one attached hydrogen (secondary N) is 1. The van der Waals surface area contributed by atoms with Crippen molar-refractivity contribution in [1.82, 2.24) is 10.2 Å². The number of carbonyl (C=O) groups is 2. The molecule has 9 heteroatoms. The molecule has 0 bridgehead atoms. The van der Waals surface area contributed by atoms with E-state index in [9.17, 15) is 18.0 Å². The molecule has 2 heterocycles. The summed E-state index contributed by atoms with van der Waals surface area (Å²) in [7, 11) is -3.17. The second-order valence-corrected chi connectivity index (χ2v) is 8.77. The van der Waals surface area contributed by atoms with Crippen LogP contribution in [0.25, 0.3) is 0 Å². The SMILES string of the molecule is CS(=O)(=O)CCC(=O)N1C[C@@H]2C(C(=O)NC3CCC3)=NO[C@@H]2C1. The van der Waals surface area contributed by atoms with Crippen molar-refractivity contribution in [2.45, 2.75) is 37.8 Å². The maximum absolute atomic E-state index is 12.2. The summed E-state index contributed by atoms with van der Waals surface area (Å²) in [5, 5.41) is 6.81. The highest BCUT2D eigenvalue weighted by Gasteiger charge is 2.46. The van der Waals surface area contributed by atoms with Crippen LogP contribution in [0.5, 0.6) is 0 Å². The predicted octanol–water partition coefficient (Wildman–Crippen LogP) is -0.697. The maximum Gasteiger partial charge on any atom is 0.269 e. The zero-order valence-electron chi connectivity index (χ0n) is 13.0. The van der Waals surface area contributed by atoms with E-state index in [0.717, 1.165) is 25.5 Å². The van der Waals surface area contributed by atoms with Gasteiger partial charge in [-0.25, -0.2) is 8.42 Å². The molecule has 0 unspecified atom stereocenters. The first-order valence-corrected chi connectivity index (χ1v) is 9.89. The molecule has 1 saturated carbocycles. The van der Waals surface area contributed by atoms with E-state index in [4.69, 9.17) is 4.84 Å². The summed E-state index contributed by atoms with van der Waals surface area (Å²) in [6.07, 6.45) is 3.87. The van der Waals surface area contributed by atoms with Gasteiger partial charge in [-0.3, -0.25) is 9.59 Å². The minimum Gasteiger partial charge on any atom is -0.389 e. The van der Waals surface area contributed by atoms with Crippen molar-refractivity contribution in [3.63, 3.8) is 0 Å². The minimum atomic E-state index is -3.17. The number of hydrogen-bond acceptors (Lipinski definition) is 6. The molecular formula is C14H21N3O5S. The summed E-state index contributed by atoms with van der Waals surface area (Å²) in [5.74, 6) is -0.834. The molecule has 2 atom stereocenters. The summed E-state index contributed by atoms with van der Waals surface area (Å²) in [6, 6.07) is 0.221. The van der Waals surface area contributed by atoms with E-state index in [2.05, 4.69) is 10.5 Å². The Bertz CT molecular complexity index is 641. The van der Waals surface area contributed by atoms with Gasteiger partial charge in [0.25, 0.3) is 5.91 Å². The minimum absolute atomic E-state index is 0.0426. The first-order valence-electron chi connectivity index (χ1n) is 7.83. The lowest BCUT2D eigenvalue weighted by atomic mass is 9.92. The van der Waals surface area contributed by atoms with E-state index in [1.54, 1.807) is 4.90 Å². The van der Waals surface area contributed by atoms with Gasteiger partial charge < -0.3 is 15.1 Å². The summed E-state index contributed by atoms with van der Waals surface area (Å²) in [6.45, 7) is 0.696. The molecule has 3 aliphatic rings. The number of oxime groups is 1. The Labute approximate surface area is 135 Å². The number of sulfone groups is 1. The average Bonchev–Trinajstić information content (AvgIpc) is 2.98. The van der Waals surface area contributed by atoms with E-state index < -0.39 is 9.84 Å². The fraction of sp³-hybridized carbons (Fsp3) is 0.786. The zero-order chi connectivity index (χ0) is 16.6. The lowest BCUT2D eigenvalue weighted by molar-refractivity contribution is -0.130. The second-order valence-electron chi connectivity index (χ2n) is 6.51. The number of amides is 2. The Morgan fingerprint density at radius 3 is 2.70 bits per heavy atom. The Balaban J connectivity index is 1.55. The van der Waals surface area contributed by atoms with Crippen LogP contribution in [0.3, 0.4) is 0 Å². The third-order valence-electron chi connectivity index (χ3n) is 4.62.